The molecule has 2 aliphatic rings. The molecule has 2 fully saturated rings. The third kappa shape index (κ3) is 2.69. The fourth-order valence-corrected chi connectivity index (χ4v) is 4.75. The summed E-state index contributed by atoms with van der Waals surface area (Å²) < 4.78 is 2.77. The second-order valence-corrected chi connectivity index (χ2v) is 8.03. The Hall–Kier alpha value is -3.11. The summed E-state index contributed by atoms with van der Waals surface area (Å²) in [5.41, 5.74) is 0.875. The van der Waals surface area contributed by atoms with Gasteiger partial charge in [0, 0.05) is 49.8 Å². The van der Waals surface area contributed by atoms with Crippen LogP contribution < -0.4 is 15.5 Å². The van der Waals surface area contributed by atoms with E-state index in [1.807, 2.05) is 30.7 Å². The summed E-state index contributed by atoms with van der Waals surface area (Å²) in [5, 5.41) is 11.8. The molecule has 4 aromatic rings. The van der Waals surface area contributed by atoms with Gasteiger partial charge in [0.25, 0.3) is 0 Å². The molecule has 2 N–H and O–H groups in total. The van der Waals surface area contributed by atoms with Crippen LogP contribution in [-0.2, 0) is 0 Å². The second-order valence-electron chi connectivity index (χ2n) is 7.02. The summed E-state index contributed by atoms with van der Waals surface area (Å²) in [7, 11) is 0. The molecule has 2 saturated heterocycles. The van der Waals surface area contributed by atoms with Gasteiger partial charge in [-0.25, -0.2) is 19.6 Å². The van der Waals surface area contributed by atoms with E-state index >= 15 is 0 Å². The van der Waals surface area contributed by atoms with Crippen molar-refractivity contribution in [1.82, 2.24) is 35.0 Å². The third-order valence-electron chi connectivity index (χ3n) is 5.19. The molecule has 2 atom stereocenters. The smallest absolute Gasteiger partial charge is 0.211 e. The van der Waals surface area contributed by atoms with E-state index < -0.39 is 0 Å². The highest BCUT2D eigenvalue weighted by molar-refractivity contribution is 7.20. The van der Waals surface area contributed by atoms with Gasteiger partial charge in [-0.1, -0.05) is 11.3 Å². The monoisotopic (exact) mass is 391 g/mol. The Morgan fingerprint density at radius 3 is 3.00 bits per heavy atom. The molecular weight excluding hydrogens is 374 g/mol. The number of rotatable bonds is 4. The predicted octanol–water partition coefficient (Wildman–Crippen LogP) is 1.96. The summed E-state index contributed by atoms with van der Waals surface area (Å²) in [5.74, 6) is 2.29. The number of anilines is 3. The van der Waals surface area contributed by atoms with Crippen molar-refractivity contribution in [3.8, 4) is 5.13 Å². The number of fused-ring (bicyclic) bond motifs is 3. The number of piperazine rings is 1. The van der Waals surface area contributed by atoms with Gasteiger partial charge >= 0.3 is 0 Å². The van der Waals surface area contributed by atoms with E-state index in [0.29, 0.717) is 23.7 Å². The first-order chi connectivity index (χ1) is 13.8. The van der Waals surface area contributed by atoms with Crippen LogP contribution in [0.3, 0.4) is 0 Å². The maximum atomic E-state index is 4.75. The summed E-state index contributed by atoms with van der Waals surface area (Å²) in [6.45, 7) is 2.01. The van der Waals surface area contributed by atoms with Crippen molar-refractivity contribution in [1.29, 1.82) is 0 Å². The Bertz CT molecular complexity index is 1140. The lowest BCUT2D eigenvalue weighted by atomic mass is 10.2. The van der Waals surface area contributed by atoms with E-state index in [1.54, 1.807) is 28.4 Å². The van der Waals surface area contributed by atoms with Crippen LogP contribution in [0.4, 0.5) is 17.5 Å². The van der Waals surface area contributed by atoms with Gasteiger partial charge in [0.15, 0.2) is 5.82 Å². The minimum Gasteiger partial charge on any atom is -0.349 e. The molecule has 10 heteroatoms. The average molecular weight is 391 g/mol. The third-order valence-corrected chi connectivity index (χ3v) is 6.19. The molecule has 6 rings (SSSR count). The highest BCUT2D eigenvalue weighted by atomic mass is 32.1. The number of thiazole rings is 1. The summed E-state index contributed by atoms with van der Waals surface area (Å²) >= 11 is 1.55. The van der Waals surface area contributed by atoms with Crippen molar-refractivity contribution in [3.05, 3.63) is 43.1 Å². The van der Waals surface area contributed by atoms with Crippen LogP contribution in [0.5, 0.6) is 0 Å². The van der Waals surface area contributed by atoms with Crippen molar-refractivity contribution in [2.24, 2.45) is 0 Å². The number of hydrogen-bond acceptors (Lipinski definition) is 9. The summed E-state index contributed by atoms with van der Waals surface area (Å²) in [6, 6.07) is 4.89. The molecule has 0 aliphatic carbocycles. The number of aromatic nitrogens is 6. The average Bonchev–Trinajstić information content (AvgIpc) is 3.51. The van der Waals surface area contributed by atoms with Crippen LogP contribution in [0.2, 0.25) is 0 Å². The SMILES string of the molecule is c1cnn(-c2nc3cc(Nc4cncc(N5C[C@@H]6C[C@H]5CN6)n4)ncc3s2)c1. The molecule has 0 radical (unpaired) electrons. The molecule has 0 amide bonds. The first-order valence-electron chi connectivity index (χ1n) is 9.17. The topological polar surface area (TPSA) is 96.7 Å². The highest BCUT2D eigenvalue weighted by Crippen LogP contribution is 2.29. The molecular formula is C18H17N9S. The van der Waals surface area contributed by atoms with Gasteiger partial charge < -0.3 is 15.5 Å². The first kappa shape index (κ1) is 15.9. The molecule has 4 aromatic heterocycles. The molecule has 0 aromatic carbocycles. The first-order valence-corrected chi connectivity index (χ1v) is 9.99. The fraction of sp³-hybridized carbons (Fsp3) is 0.278. The summed E-state index contributed by atoms with van der Waals surface area (Å²) in [6.07, 6.45) is 10.2. The molecule has 140 valence electrons. The number of hydrogen-bond donors (Lipinski definition) is 2. The highest BCUT2D eigenvalue weighted by Gasteiger charge is 2.38. The van der Waals surface area contributed by atoms with Gasteiger partial charge in [0.2, 0.25) is 5.13 Å². The molecule has 0 unspecified atom stereocenters. The predicted molar refractivity (Wildman–Crippen MR) is 107 cm³/mol. The molecule has 0 spiro atoms. The van der Waals surface area contributed by atoms with Gasteiger partial charge in [-0.15, -0.1) is 0 Å². The lowest BCUT2D eigenvalue weighted by Gasteiger charge is -2.28. The lowest BCUT2D eigenvalue weighted by molar-refractivity contribution is 0.576. The van der Waals surface area contributed by atoms with E-state index in [1.165, 1.54) is 6.42 Å². The van der Waals surface area contributed by atoms with Crippen LogP contribution in [0.25, 0.3) is 15.3 Å². The number of nitrogens with zero attached hydrogens (tertiary/aromatic N) is 7. The Labute approximate surface area is 164 Å². The largest absolute Gasteiger partial charge is 0.349 e. The van der Waals surface area contributed by atoms with Gasteiger partial charge in [-0.2, -0.15) is 5.10 Å². The molecule has 2 bridgehead atoms. The normalized spacial score (nSPS) is 20.9. The fourth-order valence-electron chi connectivity index (χ4n) is 3.90. The Morgan fingerprint density at radius 2 is 2.18 bits per heavy atom. The Morgan fingerprint density at radius 1 is 1.18 bits per heavy atom. The summed E-state index contributed by atoms with van der Waals surface area (Å²) in [4.78, 5) is 20.6. The lowest BCUT2D eigenvalue weighted by Crippen LogP contribution is -2.44. The molecule has 2 aliphatic heterocycles. The van der Waals surface area contributed by atoms with E-state index in [9.17, 15) is 0 Å². The van der Waals surface area contributed by atoms with Crippen molar-refractivity contribution >= 4 is 39.0 Å². The van der Waals surface area contributed by atoms with Crippen molar-refractivity contribution in [2.75, 3.05) is 23.3 Å². The van der Waals surface area contributed by atoms with Gasteiger partial charge in [-0.05, 0) is 12.5 Å². The number of nitrogens with one attached hydrogen (secondary N) is 2. The van der Waals surface area contributed by atoms with E-state index in [2.05, 4.69) is 35.6 Å². The maximum Gasteiger partial charge on any atom is 0.211 e. The van der Waals surface area contributed by atoms with E-state index in [-0.39, 0.29) is 0 Å². The van der Waals surface area contributed by atoms with Crippen LogP contribution in [0, 0.1) is 0 Å². The van der Waals surface area contributed by atoms with Crippen LogP contribution >= 0.6 is 11.3 Å². The quantitative estimate of drug-likeness (QED) is 0.545. The molecule has 28 heavy (non-hydrogen) atoms. The van der Waals surface area contributed by atoms with Crippen LogP contribution in [0.1, 0.15) is 6.42 Å². The van der Waals surface area contributed by atoms with E-state index in [0.717, 1.165) is 34.3 Å². The molecule has 9 nitrogen and oxygen atoms in total. The van der Waals surface area contributed by atoms with Crippen molar-refractivity contribution in [3.63, 3.8) is 0 Å². The van der Waals surface area contributed by atoms with Crippen LogP contribution in [0.15, 0.2) is 43.1 Å². The second kappa shape index (κ2) is 6.21. The maximum absolute atomic E-state index is 4.75. The minimum absolute atomic E-state index is 0.514. The zero-order valence-corrected chi connectivity index (χ0v) is 15.7. The van der Waals surface area contributed by atoms with Gasteiger partial charge in [0.05, 0.1) is 22.6 Å². The number of pyridine rings is 1. The van der Waals surface area contributed by atoms with E-state index in [4.69, 9.17) is 4.98 Å². The Kier molecular flexibility index (Phi) is 3.53. The van der Waals surface area contributed by atoms with Crippen LogP contribution in [-0.4, -0.2) is 54.9 Å². The minimum atomic E-state index is 0.514. The Balaban J connectivity index is 1.26. The zero-order chi connectivity index (χ0) is 18.5. The molecule has 6 heterocycles. The molecule has 0 saturated carbocycles. The van der Waals surface area contributed by atoms with Crippen molar-refractivity contribution in [2.45, 2.75) is 18.5 Å². The standard InChI is InChI=1S/C18H17N9S/c1-2-22-27(3-1)18-23-13-5-15(21-7-14(13)28-18)24-16-8-19-9-17(25-16)26-10-11-4-12(26)6-20-11/h1-3,5,7-9,11-12,20H,4,6,10H2,(H,21,24,25)/t11-,12-/m0/s1. The van der Waals surface area contributed by atoms with Gasteiger partial charge in [-0.3, -0.25) is 4.98 Å². The zero-order valence-electron chi connectivity index (χ0n) is 14.9. The van der Waals surface area contributed by atoms with Gasteiger partial charge in [0.1, 0.15) is 11.6 Å². The van der Waals surface area contributed by atoms with Crippen molar-refractivity contribution < 1.29 is 0 Å².